The molecule has 2 heteroatoms. The molecule has 0 bridgehead atoms. The number of halogens is 1. The summed E-state index contributed by atoms with van der Waals surface area (Å²) in [5.74, 6) is 0. The van der Waals surface area contributed by atoms with Crippen LogP contribution in [-0.4, -0.2) is 0 Å². The highest BCUT2D eigenvalue weighted by molar-refractivity contribution is 14.1. The summed E-state index contributed by atoms with van der Waals surface area (Å²) >= 11 is 2.39. The maximum atomic E-state index is 3.63. The molecule has 0 saturated heterocycles. The largest absolute Gasteiger partial charge is 0.378 e. The predicted molar refractivity (Wildman–Crippen MR) is 91.7 cm³/mol. The molecular formula is C17H20IN. The molecule has 0 amide bonds. The van der Waals surface area contributed by atoms with Gasteiger partial charge in [-0.1, -0.05) is 42.8 Å². The quantitative estimate of drug-likeness (QED) is 0.709. The highest BCUT2D eigenvalue weighted by Crippen LogP contribution is 2.25. The maximum absolute atomic E-state index is 3.63. The van der Waals surface area contributed by atoms with E-state index < -0.39 is 0 Å². The van der Waals surface area contributed by atoms with E-state index in [2.05, 4.69) is 91.1 Å². The van der Waals surface area contributed by atoms with Crippen LogP contribution in [0.25, 0.3) is 0 Å². The summed E-state index contributed by atoms with van der Waals surface area (Å²) in [7, 11) is 0. The van der Waals surface area contributed by atoms with Crippen LogP contribution in [0.3, 0.4) is 0 Å². The van der Waals surface area contributed by atoms with Gasteiger partial charge in [0.2, 0.25) is 0 Å². The molecule has 100 valence electrons. The standard InChI is InChI=1S/C17H20IN/c1-4-17(14-8-5-12(2)6-9-14)19-15-10-7-13(3)16(18)11-15/h5-11,17,19H,4H2,1-3H3. The summed E-state index contributed by atoms with van der Waals surface area (Å²) < 4.78 is 1.31. The van der Waals surface area contributed by atoms with E-state index in [4.69, 9.17) is 0 Å². The lowest BCUT2D eigenvalue weighted by atomic mass is 10.0. The molecule has 0 fully saturated rings. The summed E-state index contributed by atoms with van der Waals surface area (Å²) in [6.45, 7) is 6.49. The Kier molecular flexibility index (Phi) is 4.86. The second kappa shape index (κ2) is 6.42. The molecule has 0 aromatic heterocycles. The Morgan fingerprint density at radius 1 is 1.05 bits per heavy atom. The van der Waals surface area contributed by atoms with E-state index in [9.17, 15) is 0 Å². The summed E-state index contributed by atoms with van der Waals surface area (Å²) in [5, 5.41) is 3.63. The van der Waals surface area contributed by atoms with Crippen LogP contribution in [0.4, 0.5) is 5.69 Å². The molecule has 0 aliphatic heterocycles. The number of aryl methyl sites for hydroxylation is 2. The topological polar surface area (TPSA) is 12.0 Å². The molecule has 2 aromatic rings. The van der Waals surface area contributed by atoms with Crippen molar-refractivity contribution in [2.75, 3.05) is 5.32 Å². The summed E-state index contributed by atoms with van der Waals surface area (Å²) in [5.41, 5.74) is 5.18. The van der Waals surface area contributed by atoms with Gasteiger partial charge in [-0.25, -0.2) is 0 Å². The first kappa shape index (κ1) is 14.4. The van der Waals surface area contributed by atoms with Crippen LogP contribution < -0.4 is 5.32 Å². The SMILES string of the molecule is CCC(Nc1ccc(C)c(I)c1)c1ccc(C)cc1. The Bertz CT molecular complexity index is 546. The second-order valence-electron chi connectivity index (χ2n) is 4.98. The van der Waals surface area contributed by atoms with E-state index in [1.807, 2.05) is 0 Å². The Morgan fingerprint density at radius 3 is 2.32 bits per heavy atom. The minimum atomic E-state index is 0.374. The first-order chi connectivity index (χ1) is 9.10. The molecule has 0 heterocycles. The molecule has 0 saturated carbocycles. The van der Waals surface area contributed by atoms with Gasteiger partial charge < -0.3 is 5.32 Å². The molecule has 1 nitrogen and oxygen atoms in total. The van der Waals surface area contributed by atoms with Gasteiger partial charge in [0, 0.05) is 9.26 Å². The molecule has 0 aliphatic carbocycles. The maximum Gasteiger partial charge on any atom is 0.0511 e. The van der Waals surface area contributed by atoms with Crippen molar-refractivity contribution in [3.8, 4) is 0 Å². The Balaban J connectivity index is 2.18. The van der Waals surface area contributed by atoms with Gasteiger partial charge in [0.05, 0.1) is 6.04 Å². The Morgan fingerprint density at radius 2 is 1.74 bits per heavy atom. The minimum absolute atomic E-state index is 0.374. The van der Waals surface area contributed by atoms with Crippen LogP contribution >= 0.6 is 22.6 Å². The summed E-state index contributed by atoms with van der Waals surface area (Å²) in [4.78, 5) is 0. The van der Waals surface area contributed by atoms with Gasteiger partial charge in [-0.3, -0.25) is 0 Å². The molecule has 1 atom stereocenters. The monoisotopic (exact) mass is 365 g/mol. The first-order valence-corrected chi connectivity index (χ1v) is 7.77. The highest BCUT2D eigenvalue weighted by Gasteiger charge is 2.09. The lowest BCUT2D eigenvalue weighted by molar-refractivity contribution is 0.749. The zero-order chi connectivity index (χ0) is 13.8. The van der Waals surface area contributed by atoms with Crippen molar-refractivity contribution >= 4 is 28.3 Å². The number of hydrogen-bond acceptors (Lipinski definition) is 1. The fraction of sp³-hybridized carbons (Fsp3) is 0.294. The van der Waals surface area contributed by atoms with Crippen LogP contribution in [0.5, 0.6) is 0 Å². The third-order valence-corrected chi connectivity index (χ3v) is 4.56. The van der Waals surface area contributed by atoms with Crippen LogP contribution in [0.15, 0.2) is 42.5 Å². The molecular weight excluding hydrogens is 345 g/mol. The van der Waals surface area contributed by atoms with Crippen LogP contribution in [0.2, 0.25) is 0 Å². The highest BCUT2D eigenvalue weighted by atomic mass is 127. The van der Waals surface area contributed by atoms with Crippen LogP contribution in [0, 0.1) is 17.4 Å². The van der Waals surface area contributed by atoms with Crippen molar-refractivity contribution in [1.29, 1.82) is 0 Å². The van der Waals surface area contributed by atoms with Crippen molar-refractivity contribution in [3.05, 3.63) is 62.7 Å². The molecule has 2 aromatic carbocycles. The van der Waals surface area contributed by atoms with E-state index in [1.165, 1.54) is 25.9 Å². The second-order valence-corrected chi connectivity index (χ2v) is 6.14. The Labute approximate surface area is 129 Å². The molecule has 1 N–H and O–H groups in total. The average Bonchev–Trinajstić information content (AvgIpc) is 2.41. The molecule has 0 spiro atoms. The lowest BCUT2D eigenvalue weighted by Crippen LogP contribution is -2.09. The van der Waals surface area contributed by atoms with Gasteiger partial charge in [0.25, 0.3) is 0 Å². The average molecular weight is 365 g/mol. The third kappa shape index (κ3) is 3.72. The van der Waals surface area contributed by atoms with E-state index in [0.717, 1.165) is 6.42 Å². The van der Waals surface area contributed by atoms with Gasteiger partial charge in [0.1, 0.15) is 0 Å². The van der Waals surface area contributed by atoms with Crippen LogP contribution in [-0.2, 0) is 0 Å². The van der Waals surface area contributed by atoms with E-state index in [-0.39, 0.29) is 0 Å². The van der Waals surface area contributed by atoms with Gasteiger partial charge in [-0.05, 0) is 66.1 Å². The van der Waals surface area contributed by atoms with Crippen molar-refractivity contribution in [1.82, 2.24) is 0 Å². The molecule has 19 heavy (non-hydrogen) atoms. The smallest absolute Gasteiger partial charge is 0.0511 e. The summed E-state index contributed by atoms with van der Waals surface area (Å²) in [6.07, 6.45) is 1.08. The molecule has 0 radical (unpaired) electrons. The first-order valence-electron chi connectivity index (χ1n) is 6.69. The van der Waals surface area contributed by atoms with Crippen molar-refractivity contribution in [2.45, 2.75) is 33.2 Å². The number of rotatable bonds is 4. The zero-order valence-corrected chi connectivity index (χ0v) is 13.9. The predicted octanol–water partition coefficient (Wildman–Crippen LogP) is 5.47. The van der Waals surface area contributed by atoms with E-state index in [0.29, 0.717) is 6.04 Å². The van der Waals surface area contributed by atoms with Crippen molar-refractivity contribution < 1.29 is 0 Å². The van der Waals surface area contributed by atoms with Gasteiger partial charge in [-0.15, -0.1) is 0 Å². The van der Waals surface area contributed by atoms with Gasteiger partial charge in [-0.2, -0.15) is 0 Å². The normalized spacial score (nSPS) is 12.2. The summed E-state index contributed by atoms with van der Waals surface area (Å²) in [6, 6.07) is 15.7. The van der Waals surface area contributed by atoms with E-state index >= 15 is 0 Å². The number of anilines is 1. The lowest BCUT2D eigenvalue weighted by Gasteiger charge is -2.19. The van der Waals surface area contributed by atoms with Crippen LogP contribution in [0.1, 0.15) is 36.1 Å². The molecule has 1 unspecified atom stereocenters. The minimum Gasteiger partial charge on any atom is -0.378 e. The van der Waals surface area contributed by atoms with Gasteiger partial charge in [0.15, 0.2) is 0 Å². The van der Waals surface area contributed by atoms with Crippen molar-refractivity contribution in [2.24, 2.45) is 0 Å². The van der Waals surface area contributed by atoms with E-state index in [1.54, 1.807) is 0 Å². The molecule has 0 aliphatic rings. The fourth-order valence-corrected chi connectivity index (χ4v) is 2.62. The Hall–Kier alpha value is -1.03. The third-order valence-electron chi connectivity index (χ3n) is 3.40. The van der Waals surface area contributed by atoms with Gasteiger partial charge >= 0.3 is 0 Å². The molecule has 2 rings (SSSR count). The zero-order valence-electron chi connectivity index (χ0n) is 11.7. The number of benzene rings is 2. The fourth-order valence-electron chi connectivity index (χ4n) is 2.10. The van der Waals surface area contributed by atoms with Crippen molar-refractivity contribution in [3.63, 3.8) is 0 Å². The number of nitrogens with one attached hydrogen (secondary N) is 1. The number of hydrogen-bond donors (Lipinski definition) is 1.